The minimum absolute atomic E-state index is 0.105. The number of benzene rings is 1. The van der Waals surface area contributed by atoms with Gasteiger partial charge in [0, 0.05) is 0 Å². The van der Waals surface area contributed by atoms with Crippen LogP contribution in [0.5, 0.6) is 0 Å². The van der Waals surface area contributed by atoms with Gasteiger partial charge in [-0.2, -0.15) is 0 Å². The van der Waals surface area contributed by atoms with Crippen molar-refractivity contribution in [1.29, 1.82) is 0 Å². The minimum atomic E-state index is -3.84. The molecule has 0 saturated heterocycles. The van der Waals surface area contributed by atoms with Crippen LogP contribution >= 0.6 is 7.82 Å². The summed E-state index contributed by atoms with van der Waals surface area (Å²) in [6, 6.07) is 7.40. The molecule has 0 aromatic heterocycles. The van der Waals surface area contributed by atoms with Crippen LogP contribution in [0.3, 0.4) is 0 Å². The van der Waals surface area contributed by atoms with Gasteiger partial charge in [0.2, 0.25) is 0 Å². The van der Waals surface area contributed by atoms with Crippen LogP contribution in [0.15, 0.2) is 24.3 Å². The van der Waals surface area contributed by atoms with Gasteiger partial charge in [-0.1, -0.05) is 24.3 Å². The highest BCUT2D eigenvalue weighted by Crippen LogP contribution is 2.45. The van der Waals surface area contributed by atoms with Crippen LogP contribution in [-0.4, -0.2) is 4.89 Å². The highest BCUT2D eigenvalue weighted by atomic mass is 31.2. The summed E-state index contributed by atoms with van der Waals surface area (Å²) < 4.78 is 20.5. The van der Waals surface area contributed by atoms with Crippen LogP contribution in [-0.2, 0) is 26.8 Å². The van der Waals surface area contributed by atoms with Crippen LogP contribution in [0.25, 0.3) is 0 Å². The largest absolute Gasteiger partial charge is 0.472 e. The first-order chi connectivity index (χ1) is 6.16. The number of hydrogen-bond acceptors (Lipinski definition) is 3. The summed E-state index contributed by atoms with van der Waals surface area (Å²) >= 11 is 0. The lowest BCUT2D eigenvalue weighted by atomic mass is 10.1. The van der Waals surface area contributed by atoms with Gasteiger partial charge in [0.15, 0.2) is 0 Å². The van der Waals surface area contributed by atoms with E-state index in [-0.39, 0.29) is 13.2 Å². The average molecular weight is 200 g/mol. The highest BCUT2D eigenvalue weighted by molar-refractivity contribution is 7.47. The molecule has 13 heavy (non-hydrogen) atoms. The first kappa shape index (κ1) is 8.91. The summed E-state index contributed by atoms with van der Waals surface area (Å²) in [6.07, 6.45) is 0. The molecule has 2 bridgehead atoms. The molecule has 0 aliphatic carbocycles. The van der Waals surface area contributed by atoms with Crippen molar-refractivity contribution in [3.05, 3.63) is 35.4 Å². The summed E-state index contributed by atoms with van der Waals surface area (Å²) in [4.78, 5) is 9.10. The second-order valence-electron chi connectivity index (χ2n) is 2.83. The predicted octanol–water partition coefficient (Wildman–Crippen LogP) is 1.83. The Morgan fingerprint density at radius 2 is 1.46 bits per heavy atom. The maximum absolute atomic E-state index is 11.1. The molecule has 1 aromatic carbocycles. The molecular weight excluding hydrogens is 191 g/mol. The minimum Gasteiger partial charge on any atom is -0.302 e. The van der Waals surface area contributed by atoms with Crippen LogP contribution in [0, 0.1) is 0 Å². The van der Waals surface area contributed by atoms with Crippen molar-refractivity contribution in [2.45, 2.75) is 13.2 Å². The molecule has 0 unspecified atom stereocenters. The average Bonchev–Trinajstić information content (AvgIpc) is 2.23. The molecule has 4 nitrogen and oxygen atoms in total. The van der Waals surface area contributed by atoms with Gasteiger partial charge in [-0.25, -0.2) is 4.57 Å². The molecule has 2 aliphatic heterocycles. The van der Waals surface area contributed by atoms with Crippen molar-refractivity contribution < 1.29 is 18.5 Å². The SMILES string of the molecule is O=P1(O)OCc2ccc(cc2)CO1. The topological polar surface area (TPSA) is 55.8 Å². The lowest BCUT2D eigenvalue weighted by Crippen LogP contribution is -1.92. The van der Waals surface area contributed by atoms with Crippen molar-refractivity contribution >= 4 is 7.82 Å². The summed E-state index contributed by atoms with van der Waals surface area (Å²) in [5.41, 5.74) is 1.73. The van der Waals surface area contributed by atoms with Crippen molar-refractivity contribution in [2.75, 3.05) is 0 Å². The van der Waals surface area contributed by atoms with Gasteiger partial charge in [-0.15, -0.1) is 0 Å². The normalized spacial score (nSPS) is 20.4. The van der Waals surface area contributed by atoms with Crippen molar-refractivity contribution in [3.8, 4) is 0 Å². The van der Waals surface area contributed by atoms with Gasteiger partial charge < -0.3 is 4.89 Å². The summed E-state index contributed by atoms with van der Waals surface area (Å²) in [6.45, 7) is 0.210. The Labute approximate surface area is 75.7 Å². The van der Waals surface area contributed by atoms with Gasteiger partial charge in [0.1, 0.15) is 0 Å². The maximum Gasteiger partial charge on any atom is 0.472 e. The predicted molar refractivity (Wildman–Crippen MR) is 45.8 cm³/mol. The van der Waals surface area contributed by atoms with Gasteiger partial charge >= 0.3 is 7.82 Å². The Balaban J connectivity index is 2.31. The van der Waals surface area contributed by atoms with Crippen LogP contribution in [0.4, 0.5) is 0 Å². The molecule has 3 rings (SSSR count). The molecule has 0 atom stereocenters. The molecule has 2 aliphatic rings. The maximum atomic E-state index is 11.1. The van der Waals surface area contributed by atoms with Crippen molar-refractivity contribution in [1.82, 2.24) is 0 Å². The smallest absolute Gasteiger partial charge is 0.302 e. The molecular formula is C8H9O4P. The second-order valence-corrected chi connectivity index (χ2v) is 4.29. The van der Waals surface area contributed by atoms with Crippen LogP contribution in [0.2, 0.25) is 0 Å². The fourth-order valence-electron chi connectivity index (χ4n) is 1.08. The van der Waals surface area contributed by atoms with E-state index in [0.29, 0.717) is 0 Å². The summed E-state index contributed by atoms with van der Waals surface area (Å²) in [5.74, 6) is 0. The third kappa shape index (κ3) is 2.17. The lowest BCUT2D eigenvalue weighted by Gasteiger charge is -2.09. The van der Waals surface area contributed by atoms with Gasteiger partial charge in [0.25, 0.3) is 0 Å². The molecule has 0 radical (unpaired) electrons. The molecule has 0 saturated carbocycles. The molecule has 0 fully saturated rings. The zero-order chi connectivity index (χ0) is 9.31. The lowest BCUT2D eigenvalue weighted by molar-refractivity contribution is 0.139. The fraction of sp³-hybridized carbons (Fsp3) is 0.250. The zero-order valence-electron chi connectivity index (χ0n) is 6.84. The number of rotatable bonds is 0. The summed E-state index contributed by atoms with van der Waals surface area (Å²) in [5, 5.41) is 0. The van der Waals surface area contributed by atoms with E-state index in [1.54, 1.807) is 0 Å². The Morgan fingerprint density at radius 1 is 1.08 bits per heavy atom. The number of phosphoric ester groups is 1. The number of hydrogen-bond donors (Lipinski definition) is 1. The molecule has 5 heteroatoms. The third-order valence-corrected chi connectivity index (χ3v) is 2.72. The van der Waals surface area contributed by atoms with E-state index < -0.39 is 7.82 Å². The second kappa shape index (κ2) is 3.24. The zero-order valence-corrected chi connectivity index (χ0v) is 7.74. The molecule has 0 amide bonds. The van der Waals surface area contributed by atoms with Gasteiger partial charge in [-0.05, 0) is 11.1 Å². The van der Waals surface area contributed by atoms with E-state index in [1.807, 2.05) is 24.3 Å². The van der Waals surface area contributed by atoms with E-state index in [0.717, 1.165) is 11.1 Å². The van der Waals surface area contributed by atoms with E-state index in [9.17, 15) is 4.57 Å². The standard InChI is InChI=1S/C8H9O4P/c9-13(10)11-5-7-1-2-8(4-3-7)6-12-13/h1-4H,5-6H2,(H,9,10). The Kier molecular flexibility index (Phi) is 2.22. The highest BCUT2D eigenvalue weighted by Gasteiger charge is 2.22. The Morgan fingerprint density at radius 3 is 1.85 bits per heavy atom. The van der Waals surface area contributed by atoms with E-state index in [4.69, 9.17) is 13.9 Å². The monoisotopic (exact) mass is 200 g/mol. The van der Waals surface area contributed by atoms with Gasteiger partial charge in [-0.3, -0.25) is 9.05 Å². The van der Waals surface area contributed by atoms with E-state index in [2.05, 4.69) is 0 Å². The van der Waals surface area contributed by atoms with Crippen LogP contribution < -0.4 is 0 Å². The Bertz CT molecular complexity index is 315. The number of phosphoric acid groups is 1. The third-order valence-electron chi connectivity index (χ3n) is 1.81. The molecule has 1 aromatic rings. The number of fused-ring (bicyclic) bond motifs is 6. The van der Waals surface area contributed by atoms with E-state index in [1.165, 1.54) is 0 Å². The fourth-order valence-corrected chi connectivity index (χ4v) is 1.78. The first-order valence-electron chi connectivity index (χ1n) is 3.85. The molecule has 2 heterocycles. The van der Waals surface area contributed by atoms with Crippen LogP contribution in [0.1, 0.15) is 11.1 Å². The van der Waals surface area contributed by atoms with Gasteiger partial charge in [0.05, 0.1) is 13.2 Å². The Hall–Kier alpha value is -0.670. The molecule has 0 spiro atoms. The molecule has 1 N–H and O–H groups in total. The summed E-state index contributed by atoms with van der Waals surface area (Å²) in [7, 11) is -3.84. The van der Waals surface area contributed by atoms with E-state index >= 15 is 0 Å². The quantitative estimate of drug-likeness (QED) is 0.649. The first-order valence-corrected chi connectivity index (χ1v) is 5.35. The molecule has 70 valence electrons. The van der Waals surface area contributed by atoms with Crippen molar-refractivity contribution in [3.63, 3.8) is 0 Å². The van der Waals surface area contributed by atoms with Crippen molar-refractivity contribution in [2.24, 2.45) is 0 Å².